The van der Waals surface area contributed by atoms with Gasteiger partial charge in [0, 0.05) is 15.8 Å². The maximum atomic E-state index is 5.69. The molecule has 5 heteroatoms. The zero-order chi connectivity index (χ0) is 28.3. The molecule has 0 aromatic heterocycles. The van der Waals surface area contributed by atoms with Gasteiger partial charge < -0.3 is 0 Å². The standard InChI is InChI=1S/2C15H27P.C5H10.2ClH.Ru/c2*1-2-8-13(7-1)16(14-9-3-4-10-14)15-11-5-6-12-15;1-4-5(2)3;;;/h2*13-15H,1-12H2;5H,1-3H3;2*1H;/q;;;;;+2. The third-order valence-corrected chi connectivity index (χ3v) is 25.6. The van der Waals surface area contributed by atoms with Crippen molar-refractivity contribution in [2.45, 2.75) is 209 Å². The van der Waals surface area contributed by atoms with Crippen molar-refractivity contribution in [1.29, 1.82) is 0 Å². The van der Waals surface area contributed by atoms with Gasteiger partial charge in [0.15, 0.2) is 0 Å². The second kappa shape index (κ2) is 18.8. The Morgan fingerprint density at radius 2 is 0.625 bits per heavy atom. The van der Waals surface area contributed by atoms with Crippen molar-refractivity contribution in [3.05, 3.63) is 0 Å². The molecule has 6 aliphatic rings. The van der Waals surface area contributed by atoms with E-state index in [4.69, 9.17) is 19.4 Å². The summed E-state index contributed by atoms with van der Waals surface area (Å²) < 4.78 is 1.28. The van der Waals surface area contributed by atoms with E-state index < -0.39 is 13.5 Å². The summed E-state index contributed by atoms with van der Waals surface area (Å²) in [6.45, 7) is 6.26. The first-order valence-corrected chi connectivity index (χ1v) is 26.8. The molecule has 0 radical (unpaired) electrons. The molecule has 0 aliphatic heterocycles. The van der Waals surface area contributed by atoms with Crippen LogP contribution < -0.4 is 0 Å². The Balaban J connectivity index is 0.000000148. The SMILES string of the molecule is C1CCC([PH+](C2CCCC2)C2CCCC2)C1.C1CCC([PH+](C2CCCC2)C2CCCC2)C1.C[C](C(C)C)=[Ru]([Cl])[Cl]. The molecule has 0 atom stereocenters. The molecule has 0 bridgehead atoms. The van der Waals surface area contributed by atoms with Gasteiger partial charge in [0.05, 0.1) is 34.0 Å². The summed E-state index contributed by atoms with van der Waals surface area (Å²) in [5.74, 6) is 0.559. The van der Waals surface area contributed by atoms with Gasteiger partial charge in [-0.15, -0.1) is 0 Å². The van der Waals surface area contributed by atoms with Crippen LogP contribution in [0.4, 0.5) is 0 Å². The summed E-state index contributed by atoms with van der Waals surface area (Å²) in [6.07, 6.45) is 38.3. The Hall–Kier alpha value is 1.93. The summed E-state index contributed by atoms with van der Waals surface area (Å²) in [4.78, 5) is 0. The summed E-state index contributed by atoms with van der Waals surface area (Å²) >= 11 is -1.50. The molecule has 0 aromatic rings. The maximum absolute atomic E-state index is 5.69. The average Bonchev–Trinajstić information content (AvgIpc) is 3.81. The van der Waals surface area contributed by atoms with E-state index in [9.17, 15) is 0 Å². The van der Waals surface area contributed by atoms with Crippen molar-refractivity contribution in [2.75, 3.05) is 0 Å². The molecule has 0 aromatic carbocycles. The molecule has 0 saturated heterocycles. The van der Waals surface area contributed by atoms with Gasteiger partial charge in [0.2, 0.25) is 0 Å². The first-order chi connectivity index (χ1) is 19.5. The van der Waals surface area contributed by atoms with Crippen LogP contribution in [-0.4, -0.2) is 38.1 Å². The van der Waals surface area contributed by atoms with Crippen LogP contribution in [0.3, 0.4) is 0 Å². The molecular formula is C35H66Cl2P2Ru+2. The van der Waals surface area contributed by atoms with E-state index in [0.717, 1.165) is 0 Å². The Bertz CT molecular complexity index is 594. The number of hydrogen-bond acceptors (Lipinski definition) is 0. The first-order valence-electron chi connectivity index (χ1n) is 18.0. The zero-order valence-electron chi connectivity index (χ0n) is 26.6. The Morgan fingerprint density at radius 3 is 0.725 bits per heavy atom. The van der Waals surface area contributed by atoms with E-state index >= 15 is 0 Å². The normalized spacial score (nSPS) is 26.2. The van der Waals surface area contributed by atoms with Gasteiger partial charge in [-0.2, -0.15) is 0 Å². The molecule has 0 heterocycles. The Kier molecular flexibility index (Phi) is 16.4. The second-order valence-electron chi connectivity index (χ2n) is 14.8. The minimum atomic E-state index is -1.50. The van der Waals surface area contributed by atoms with Crippen LogP contribution in [0.5, 0.6) is 0 Å². The molecule has 6 saturated carbocycles. The topological polar surface area (TPSA) is 0 Å². The van der Waals surface area contributed by atoms with Gasteiger partial charge in [0.1, 0.15) is 0 Å². The fourth-order valence-corrected chi connectivity index (χ4v) is 22.7. The molecule has 6 fully saturated rings. The first kappa shape index (κ1) is 34.8. The van der Waals surface area contributed by atoms with Gasteiger partial charge in [-0.25, -0.2) is 0 Å². The predicted octanol–water partition coefficient (Wildman–Crippen LogP) is 12.8. The molecule has 40 heavy (non-hydrogen) atoms. The Labute approximate surface area is 266 Å². The zero-order valence-corrected chi connectivity index (χ0v) is 31.9. The van der Waals surface area contributed by atoms with Crippen LogP contribution in [0, 0.1) is 5.92 Å². The third kappa shape index (κ3) is 10.5. The van der Waals surface area contributed by atoms with E-state index in [1.165, 1.54) is 38.1 Å². The van der Waals surface area contributed by atoms with Gasteiger partial charge in [0.25, 0.3) is 0 Å². The number of hydrogen-bond donors (Lipinski definition) is 0. The summed E-state index contributed by atoms with van der Waals surface area (Å²) in [6, 6.07) is 0. The summed E-state index contributed by atoms with van der Waals surface area (Å²) in [5.41, 5.74) is 7.48. The summed E-state index contributed by atoms with van der Waals surface area (Å²) in [5, 5.41) is 0. The van der Waals surface area contributed by atoms with E-state index in [1.807, 2.05) is 6.92 Å². The van der Waals surface area contributed by atoms with E-state index in [-0.39, 0.29) is 15.8 Å². The van der Waals surface area contributed by atoms with Crippen LogP contribution in [-0.2, 0) is 13.5 Å². The van der Waals surface area contributed by atoms with Crippen molar-refractivity contribution in [3.63, 3.8) is 0 Å². The van der Waals surface area contributed by atoms with Crippen molar-refractivity contribution >= 4 is 39.3 Å². The number of halogens is 2. The van der Waals surface area contributed by atoms with E-state index in [0.29, 0.717) is 5.92 Å². The fraction of sp³-hybridized carbons (Fsp3) is 0.971. The predicted molar refractivity (Wildman–Crippen MR) is 187 cm³/mol. The average molecular weight is 721 g/mol. The molecule has 0 amide bonds. The quantitative estimate of drug-likeness (QED) is 0.181. The monoisotopic (exact) mass is 720 g/mol. The van der Waals surface area contributed by atoms with E-state index in [1.54, 1.807) is 154 Å². The summed E-state index contributed by atoms with van der Waals surface area (Å²) in [7, 11) is 11.4. The molecule has 236 valence electrons. The molecule has 6 rings (SSSR count). The van der Waals surface area contributed by atoms with Gasteiger partial charge in [-0.05, 0) is 154 Å². The molecule has 0 N–H and O–H groups in total. The third-order valence-electron chi connectivity index (χ3n) is 12.0. The van der Waals surface area contributed by atoms with Crippen molar-refractivity contribution in [3.8, 4) is 0 Å². The van der Waals surface area contributed by atoms with Gasteiger partial charge in [-0.1, -0.05) is 0 Å². The van der Waals surface area contributed by atoms with Gasteiger partial charge >= 0.3 is 63.7 Å². The van der Waals surface area contributed by atoms with Crippen LogP contribution in [0.2, 0.25) is 0 Å². The van der Waals surface area contributed by atoms with Crippen molar-refractivity contribution < 1.29 is 13.5 Å². The minimum absolute atomic E-state index is 0.0224. The fourth-order valence-electron chi connectivity index (χ4n) is 9.71. The molecule has 0 nitrogen and oxygen atoms in total. The Morgan fingerprint density at radius 1 is 0.450 bits per heavy atom. The molecule has 6 aliphatic carbocycles. The van der Waals surface area contributed by atoms with Crippen molar-refractivity contribution in [2.24, 2.45) is 5.92 Å². The van der Waals surface area contributed by atoms with E-state index in [2.05, 4.69) is 13.8 Å². The molecular weight excluding hydrogens is 654 g/mol. The van der Waals surface area contributed by atoms with Gasteiger partial charge in [-0.3, -0.25) is 0 Å². The second-order valence-corrected chi connectivity index (χ2v) is 27.9. The van der Waals surface area contributed by atoms with Crippen LogP contribution in [0.1, 0.15) is 175 Å². The molecule has 0 unspecified atom stereocenters. The van der Waals surface area contributed by atoms with Crippen LogP contribution in [0.15, 0.2) is 0 Å². The van der Waals surface area contributed by atoms with Crippen LogP contribution >= 0.6 is 35.2 Å². The molecule has 0 spiro atoms. The number of rotatable bonds is 7. The van der Waals surface area contributed by atoms with Crippen LogP contribution in [0.25, 0.3) is 0 Å². The van der Waals surface area contributed by atoms with Crippen molar-refractivity contribution in [1.82, 2.24) is 0 Å².